The molecule has 0 aliphatic heterocycles. The number of pyridine rings is 1. The highest BCUT2D eigenvalue weighted by molar-refractivity contribution is 7.13. The first-order valence-electron chi connectivity index (χ1n) is 7.48. The Labute approximate surface area is 142 Å². The summed E-state index contributed by atoms with van der Waals surface area (Å²) in [6.45, 7) is 1.99. The van der Waals surface area contributed by atoms with E-state index in [1.54, 1.807) is 17.5 Å². The zero-order valence-corrected chi connectivity index (χ0v) is 13.7. The van der Waals surface area contributed by atoms with Crippen LogP contribution < -0.4 is 10.9 Å². The predicted molar refractivity (Wildman–Crippen MR) is 97.9 cm³/mol. The maximum atomic E-state index is 12.6. The van der Waals surface area contributed by atoms with Crippen LogP contribution in [0.15, 0.2) is 58.8 Å². The van der Waals surface area contributed by atoms with Gasteiger partial charge in [0, 0.05) is 22.3 Å². The van der Waals surface area contributed by atoms with Crippen molar-refractivity contribution in [2.75, 3.05) is 5.32 Å². The maximum Gasteiger partial charge on any atom is 0.262 e. The molecule has 0 saturated carbocycles. The smallest absolute Gasteiger partial charge is 0.262 e. The molecular formula is C18H14N4OS. The number of H-pyrrole nitrogens is 1. The van der Waals surface area contributed by atoms with E-state index in [2.05, 4.69) is 20.3 Å². The van der Waals surface area contributed by atoms with Gasteiger partial charge in [0.05, 0.1) is 5.39 Å². The zero-order valence-electron chi connectivity index (χ0n) is 12.9. The van der Waals surface area contributed by atoms with Gasteiger partial charge in [-0.05, 0) is 36.1 Å². The number of para-hydroxylation sites is 1. The number of fused-ring (bicyclic) bond motifs is 1. The third-order valence-electron chi connectivity index (χ3n) is 3.79. The largest absolute Gasteiger partial charge is 0.325 e. The van der Waals surface area contributed by atoms with Gasteiger partial charge in [-0.25, -0.2) is 4.98 Å². The van der Waals surface area contributed by atoms with Crippen LogP contribution in [0.2, 0.25) is 0 Å². The molecule has 0 radical (unpaired) electrons. The quantitative estimate of drug-likeness (QED) is 0.592. The highest BCUT2D eigenvalue weighted by atomic mass is 32.1. The predicted octanol–water partition coefficient (Wildman–Crippen LogP) is 4.10. The van der Waals surface area contributed by atoms with Gasteiger partial charge in [-0.15, -0.1) is 11.3 Å². The van der Waals surface area contributed by atoms with Crippen molar-refractivity contribution in [3.05, 3.63) is 70.0 Å². The number of thiophene rings is 1. The molecule has 0 spiro atoms. The molecule has 0 atom stereocenters. The second kappa shape index (κ2) is 5.90. The van der Waals surface area contributed by atoms with Crippen molar-refractivity contribution in [3.8, 4) is 10.4 Å². The lowest BCUT2D eigenvalue weighted by Crippen LogP contribution is -2.13. The van der Waals surface area contributed by atoms with Gasteiger partial charge in [-0.3, -0.25) is 9.78 Å². The zero-order chi connectivity index (χ0) is 16.5. The van der Waals surface area contributed by atoms with E-state index in [1.807, 2.05) is 54.8 Å². The summed E-state index contributed by atoms with van der Waals surface area (Å²) in [4.78, 5) is 25.2. The summed E-state index contributed by atoms with van der Waals surface area (Å²) in [7, 11) is 0. The van der Waals surface area contributed by atoms with Crippen molar-refractivity contribution in [1.29, 1.82) is 0 Å². The van der Waals surface area contributed by atoms with E-state index in [0.717, 1.165) is 21.7 Å². The van der Waals surface area contributed by atoms with E-state index in [-0.39, 0.29) is 5.56 Å². The SMILES string of the molecule is Cc1ccccc1Nc1nc2nccc(-c3cccs3)c2c(=O)[nH]1. The third-order valence-corrected chi connectivity index (χ3v) is 4.70. The molecule has 4 rings (SSSR count). The number of hydrogen-bond acceptors (Lipinski definition) is 5. The van der Waals surface area contributed by atoms with Crippen LogP contribution in [0.1, 0.15) is 5.56 Å². The fraction of sp³-hybridized carbons (Fsp3) is 0.0556. The van der Waals surface area contributed by atoms with Crippen molar-refractivity contribution in [2.45, 2.75) is 6.92 Å². The Balaban J connectivity index is 1.84. The van der Waals surface area contributed by atoms with Gasteiger partial charge in [0.2, 0.25) is 5.95 Å². The Hall–Kier alpha value is -2.99. The normalized spacial score (nSPS) is 10.9. The second-order valence-electron chi connectivity index (χ2n) is 5.39. The monoisotopic (exact) mass is 334 g/mol. The first kappa shape index (κ1) is 14.6. The number of aromatic nitrogens is 3. The number of hydrogen-bond donors (Lipinski definition) is 2. The van der Waals surface area contributed by atoms with Crippen molar-refractivity contribution < 1.29 is 0 Å². The molecule has 0 amide bonds. The number of benzene rings is 1. The molecule has 0 bridgehead atoms. The second-order valence-corrected chi connectivity index (χ2v) is 6.34. The molecule has 1 aromatic carbocycles. The summed E-state index contributed by atoms with van der Waals surface area (Å²) in [6, 6.07) is 13.6. The van der Waals surface area contributed by atoms with E-state index in [1.165, 1.54) is 0 Å². The number of nitrogens with one attached hydrogen (secondary N) is 2. The number of rotatable bonds is 3. The van der Waals surface area contributed by atoms with Crippen LogP contribution in [-0.2, 0) is 0 Å². The summed E-state index contributed by atoms with van der Waals surface area (Å²) >= 11 is 1.58. The minimum atomic E-state index is -0.201. The summed E-state index contributed by atoms with van der Waals surface area (Å²) in [5.74, 6) is 0.387. The van der Waals surface area contributed by atoms with Gasteiger partial charge < -0.3 is 5.32 Å². The summed E-state index contributed by atoms with van der Waals surface area (Å²) < 4.78 is 0. The van der Waals surface area contributed by atoms with Gasteiger partial charge in [0.15, 0.2) is 5.65 Å². The first-order valence-corrected chi connectivity index (χ1v) is 8.36. The maximum absolute atomic E-state index is 12.6. The molecule has 0 aliphatic carbocycles. The molecule has 3 aromatic heterocycles. The van der Waals surface area contributed by atoms with Crippen LogP contribution in [0, 0.1) is 6.92 Å². The van der Waals surface area contributed by atoms with E-state index >= 15 is 0 Å². The van der Waals surface area contributed by atoms with Crippen molar-refractivity contribution in [1.82, 2.24) is 15.0 Å². The third kappa shape index (κ3) is 2.57. The van der Waals surface area contributed by atoms with Crippen molar-refractivity contribution >= 4 is 34.0 Å². The Morgan fingerprint density at radius 1 is 1.12 bits per heavy atom. The molecule has 5 nitrogen and oxygen atoms in total. The molecule has 6 heteroatoms. The van der Waals surface area contributed by atoms with Crippen LogP contribution in [0.25, 0.3) is 21.5 Å². The average Bonchev–Trinajstić information content (AvgIpc) is 3.11. The molecule has 0 fully saturated rings. The molecular weight excluding hydrogens is 320 g/mol. The molecule has 0 unspecified atom stereocenters. The lowest BCUT2D eigenvalue weighted by molar-refractivity contribution is 1.14. The van der Waals surface area contributed by atoms with E-state index in [4.69, 9.17) is 0 Å². The summed E-state index contributed by atoms with van der Waals surface area (Å²) in [6.07, 6.45) is 1.68. The first-order chi connectivity index (χ1) is 11.7. The number of aryl methyl sites for hydroxylation is 1. The van der Waals surface area contributed by atoms with Crippen LogP contribution in [0.4, 0.5) is 11.6 Å². The van der Waals surface area contributed by atoms with Gasteiger partial charge in [0.1, 0.15) is 0 Å². The topological polar surface area (TPSA) is 70.7 Å². The number of aromatic amines is 1. The number of nitrogens with zero attached hydrogens (tertiary/aromatic N) is 2. The van der Waals surface area contributed by atoms with Crippen LogP contribution in [-0.4, -0.2) is 15.0 Å². The van der Waals surface area contributed by atoms with E-state index < -0.39 is 0 Å². The standard InChI is InChI=1S/C18H14N4OS/c1-11-5-2-3-6-13(11)20-18-21-16-15(17(23)22-18)12(8-9-19-16)14-7-4-10-24-14/h2-10H,1H3,(H2,19,20,21,22,23). The fourth-order valence-corrected chi connectivity index (χ4v) is 3.36. The minimum Gasteiger partial charge on any atom is -0.325 e. The highest BCUT2D eigenvalue weighted by Crippen LogP contribution is 2.28. The van der Waals surface area contributed by atoms with Crippen molar-refractivity contribution in [3.63, 3.8) is 0 Å². The fourth-order valence-electron chi connectivity index (χ4n) is 2.60. The van der Waals surface area contributed by atoms with E-state index in [9.17, 15) is 4.79 Å². The van der Waals surface area contributed by atoms with Gasteiger partial charge in [-0.2, -0.15) is 4.98 Å². The molecule has 0 aliphatic rings. The van der Waals surface area contributed by atoms with Gasteiger partial charge in [-0.1, -0.05) is 24.3 Å². The van der Waals surface area contributed by atoms with Crippen molar-refractivity contribution in [2.24, 2.45) is 0 Å². The lowest BCUT2D eigenvalue weighted by Gasteiger charge is -2.09. The Morgan fingerprint density at radius 3 is 2.79 bits per heavy atom. The number of anilines is 2. The molecule has 0 saturated heterocycles. The summed E-state index contributed by atoms with van der Waals surface area (Å²) in [5, 5.41) is 5.65. The highest BCUT2D eigenvalue weighted by Gasteiger charge is 2.12. The molecule has 118 valence electrons. The summed E-state index contributed by atoms with van der Waals surface area (Å²) in [5.41, 5.74) is 3.05. The Kier molecular flexibility index (Phi) is 3.59. The van der Waals surface area contributed by atoms with Gasteiger partial charge >= 0.3 is 0 Å². The lowest BCUT2D eigenvalue weighted by atomic mass is 10.1. The minimum absolute atomic E-state index is 0.201. The molecule has 3 heterocycles. The molecule has 24 heavy (non-hydrogen) atoms. The van der Waals surface area contributed by atoms with Crippen LogP contribution in [0.5, 0.6) is 0 Å². The molecule has 2 N–H and O–H groups in total. The van der Waals surface area contributed by atoms with E-state index in [0.29, 0.717) is 17.0 Å². The Bertz CT molecular complexity index is 1070. The van der Waals surface area contributed by atoms with Crippen LogP contribution >= 0.6 is 11.3 Å². The van der Waals surface area contributed by atoms with Crippen LogP contribution in [0.3, 0.4) is 0 Å². The Morgan fingerprint density at radius 2 is 2.00 bits per heavy atom. The average molecular weight is 334 g/mol. The molecule has 4 aromatic rings. The van der Waals surface area contributed by atoms with Gasteiger partial charge in [0.25, 0.3) is 5.56 Å².